The van der Waals surface area contributed by atoms with Crippen LogP contribution in [-0.4, -0.2) is 19.1 Å². The minimum atomic E-state index is -5.32. The molecule has 0 saturated heterocycles. The number of hydrogen-bond donors (Lipinski definition) is 0. The van der Waals surface area contributed by atoms with Gasteiger partial charge in [0.15, 0.2) is 0 Å². The molecule has 1 heterocycles. The van der Waals surface area contributed by atoms with Crippen molar-refractivity contribution in [3.05, 3.63) is 17.8 Å². The lowest BCUT2D eigenvalue weighted by Gasteiger charge is -2.16. The second-order valence-corrected chi connectivity index (χ2v) is 2.74. The molecule has 2 nitrogen and oxygen atoms in total. The van der Waals surface area contributed by atoms with Crippen molar-refractivity contribution in [1.82, 2.24) is 4.98 Å². The van der Waals surface area contributed by atoms with Gasteiger partial charge in [0, 0.05) is 6.20 Å². The smallest absolute Gasteiger partial charge is 0.481 e. The van der Waals surface area contributed by atoms with E-state index >= 15 is 0 Å². The molecule has 0 spiro atoms. The van der Waals surface area contributed by atoms with Crippen molar-refractivity contribution >= 4 is 12.4 Å². The van der Waals surface area contributed by atoms with E-state index in [4.69, 9.17) is 0 Å². The molecule has 84 valence electrons. The second kappa shape index (κ2) is 4.04. The lowest BCUT2D eigenvalue weighted by atomic mass is 9.81. The highest BCUT2D eigenvalue weighted by atomic mass is 19.4. The molecule has 0 radical (unpaired) electrons. The Kier molecular flexibility index (Phi) is 3.16. The minimum absolute atomic E-state index is 0.358. The summed E-state index contributed by atoms with van der Waals surface area (Å²) in [5.41, 5.74) is -2.01. The van der Waals surface area contributed by atoms with Gasteiger partial charge in [0.1, 0.15) is 0 Å². The average molecular weight is 226 g/mol. The summed E-state index contributed by atoms with van der Waals surface area (Å²) in [6.07, 6.45) is -2.57. The van der Waals surface area contributed by atoms with Crippen LogP contribution < -0.4 is 10.2 Å². The lowest BCUT2D eigenvalue weighted by Crippen LogP contribution is -2.34. The van der Waals surface area contributed by atoms with E-state index in [0.717, 1.165) is 7.11 Å². The van der Waals surface area contributed by atoms with Crippen molar-refractivity contribution in [3.63, 3.8) is 0 Å². The van der Waals surface area contributed by atoms with Gasteiger partial charge >= 0.3 is 6.98 Å². The third-order valence-corrected chi connectivity index (χ3v) is 1.71. The van der Waals surface area contributed by atoms with Crippen molar-refractivity contribution in [1.29, 1.82) is 0 Å². The number of ether oxygens (including phenoxy) is 1. The number of alkyl halides is 2. The van der Waals surface area contributed by atoms with E-state index in [1.54, 1.807) is 0 Å². The normalized spacial score (nSPS) is 11.9. The zero-order chi connectivity index (χ0) is 11.6. The molecule has 0 saturated carbocycles. The van der Waals surface area contributed by atoms with Gasteiger partial charge < -0.3 is 17.7 Å². The summed E-state index contributed by atoms with van der Waals surface area (Å²) >= 11 is 0. The Hall–Kier alpha value is -1.34. The number of methoxy groups -OCH3 is 1. The summed E-state index contributed by atoms with van der Waals surface area (Å²) in [7, 11) is 1.06. The fourth-order valence-corrected chi connectivity index (χ4v) is 0.992. The summed E-state index contributed by atoms with van der Waals surface area (Å²) in [5.74, 6) is -0.492. The highest BCUT2D eigenvalue weighted by Crippen LogP contribution is 2.26. The molecule has 0 aliphatic heterocycles. The van der Waals surface area contributed by atoms with E-state index in [0.29, 0.717) is 12.3 Å². The van der Waals surface area contributed by atoms with Gasteiger partial charge in [-0.3, -0.25) is 0 Å². The van der Waals surface area contributed by atoms with Crippen LogP contribution in [0.25, 0.3) is 0 Å². The van der Waals surface area contributed by atoms with Crippen LogP contribution in [0.3, 0.4) is 0 Å². The van der Waals surface area contributed by atoms with Gasteiger partial charge in [0.25, 0.3) is 6.43 Å². The van der Waals surface area contributed by atoms with Gasteiger partial charge in [-0.1, -0.05) is 11.5 Å². The predicted octanol–water partition coefficient (Wildman–Crippen LogP) is 2.08. The van der Waals surface area contributed by atoms with Crippen LogP contribution in [0.15, 0.2) is 12.3 Å². The third kappa shape index (κ3) is 2.57. The quantitative estimate of drug-likeness (QED) is 0.581. The maximum Gasteiger partial charge on any atom is 0.511 e. The Morgan fingerprint density at radius 2 is 1.93 bits per heavy atom. The van der Waals surface area contributed by atoms with Gasteiger partial charge in [-0.25, -0.2) is 13.8 Å². The largest absolute Gasteiger partial charge is 0.511 e. The Morgan fingerprint density at radius 3 is 2.33 bits per heavy atom. The summed E-state index contributed by atoms with van der Waals surface area (Å²) in [4.78, 5) is 3.18. The molecular formula is C7H6BF5NO-. The molecular weight excluding hydrogens is 220 g/mol. The van der Waals surface area contributed by atoms with Crippen LogP contribution in [0, 0.1) is 0 Å². The lowest BCUT2D eigenvalue weighted by molar-refractivity contribution is 0.146. The average Bonchev–Trinajstić information content (AvgIpc) is 2.15. The molecule has 0 bridgehead atoms. The van der Waals surface area contributed by atoms with Gasteiger partial charge in [-0.15, -0.1) is 0 Å². The molecule has 8 heteroatoms. The van der Waals surface area contributed by atoms with Crippen LogP contribution in [0.4, 0.5) is 21.7 Å². The third-order valence-electron chi connectivity index (χ3n) is 1.71. The van der Waals surface area contributed by atoms with E-state index < -0.39 is 30.3 Å². The van der Waals surface area contributed by atoms with Crippen molar-refractivity contribution in [2.24, 2.45) is 0 Å². The second-order valence-electron chi connectivity index (χ2n) is 2.74. The van der Waals surface area contributed by atoms with E-state index in [9.17, 15) is 21.7 Å². The van der Waals surface area contributed by atoms with Gasteiger partial charge in [0.2, 0.25) is 5.88 Å². The fraction of sp³-hybridized carbons (Fsp3) is 0.286. The Labute approximate surface area is 82.1 Å². The van der Waals surface area contributed by atoms with Crippen LogP contribution >= 0.6 is 0 Å². The molecule has 0 aliphatic carbocycles. The summed E-state index contributed by atoms with van der Waals surface area (Å²) < 4.78 is 65.6. The molecule has 1 rings (SSSR count). The summed E-state index contributed by atoms with van der Waals surface area (Å²) in [6, 6.07) is 0.358. The van der Waals surface area contributed by atoms with Crippen molar-refractivity contribution in [2.75, 3.05) is 7.11 Å². The monoisotopic (exact) mass is 226 g/mol. The molecule has 1 aromatic heterocycles. The highest BCUT2D eigenvalue weighted by Gasteiger charge is 2.28. The van der Waals surface area contributed by atoms with E-state index in [-0.39, 0.29) is 0 Å². The van der Waals surface area contributed by atoms with E-state index in [1.165, 1.54) is 0 Å². The number of aromatic nitrogens is 1. The number of pyridine rings is 1. The van der Waals surface area contributed by atoms with E-state index in [2.05, 4.69) is 9.72 Å². The molecule has 1 aromatic rings. The summed E-state index contributed by atoms with van der Waals surface area (Å²) in [5, 5.41) is 0. The Bertz CT molecular complexity index is 354. The topological polar surface area (TPSA) is 22.1 Å². The minimum Gasteiger partial charge on any atom is -0.481 e. The fourth-order valence-electron chi connectivity index (χ4n) is 0.992. The Morgan fingerprint density at radius 1 is 1.33 bits per heavy atom. The van der Waals surface area contributed by atoms with Gasteiger partial charge in [-0.05, 0) is 0 Å². The summed E-state index contributed by atoms with van der Waals surface area (Å²) in [6.45, 7) is -5.32. The zero-order valence-electron chi connectivity index (χ0n) is 7.55. The van der Waals surface area contributed by atoms with Crippen LogP contribution in [0.5, 0.6) is 5.88 Å². The van der Waals surface area contributed by atoms with Crippen molar-refractivity contribution in [3.8, 4) is 5.88 Å². The van der Waals surface area contributed by atoms with Crippen LogP contribution in [0.2, 0.25) is 0 Å². The van der Waals surface area contributed by atoms with Crippen LogP contribution in [-0.2, 0) is 0 Å². The standard InChI is InChI=1S/C7H6BF5NO/c1-15-7-5(6(9)10)2-4(3-14-7)8(11,12)13/h2-3,6H,1H3/q-1. The Balaban J connectivity index is 3.22. The molecule has 0 unspecified atom stereocenters. The van der Waals surface area contributed by atoms with Crippen molar-refractivity contribution in [2.45, 2.75) is 6.43 Å². The van der Waals surface area contributed by atoms with Gasteiger partial charge in [0.05, 0.1) is 12.7 Å². The molecule has 0 atom stereocenters. The first-order valence-corrected chi connectivity index (χ1v) is 3.88. The van der Waals surface area contributed by atoms with E-state index in [1.807, 2.05) is 0 Å². The SMILES string of the molecule is COc1ncc([B-](F)(F)F)cc1C(F)F. The number of rotatable bonds is 3. The first kappa shape index (κ1) is 11.7. The highest BCUT2D eigenvalue weighted by molar-refractivity contribution is 6.73. The molecule has 0 amide bonds. The number of halogens is 5. The molecule has 0 fully saturated rings. The maximum absolute atomic E-state index is 12.3. The molecule has 0 N–H and O–H groups in total. The first-order chi connectivity index (χ1) is 6.86. The predicted molar refractivity (Wildman–Crippen MR) is 44.5 cm³/mol. The zero-order valence-corrected chi connectivity index (χ0v) is 7.55. The molecule has 0 aliphatic rings. The maximum atomic E-state index is 12.3. The van der Waals surface area contributed by atoms with Gasteiger partial charge in [-0.2, -0.15) is 0 Å². The van der Waals surface area contributed by atoms with Crippen molar-refractivity contribution < 1.29 is 26.5 Å². The number of nitrogens with zero attached hydrogens (tertiary/aromatic N) is 1. The first-order valence-electron chi connectivity index (χ1n) is 3.88. The number of hydrogen-bond acceptors (Lipinski definition) is 2. The molecule has 15 heavy (non-hydrogen) atoms. The van der Waals surface area contributed by atoms with Crippen LogP contribution in [0.1, 0.15) is 12.0 Å². The molecule has 0 aromatic carbocycles.